The maximum Gasteiger partial charge on any atom is 0.419 e. The predicted molar refractivity (Wildman–Crippen MR) is 81.1 cm³/mol. The maximum absolute atomic E-state index is 13.2. The second-order valence-electron chi connectivity index (χ2n) is 5.70. The molecule has 0 aliphatic carbocycles. The molecule has 3 nitrogen and oxygen atoms in total. The number of hydrogen-bond acceptors (Lipinski definition) is 2. The van der Waals surface area contributed by atoms with Gasteiger partial charge in [-0.3, -0.25) is 4.79 Å². The van der Waals surface area contributed by atoms with Gasteiger partial charge in [0.25, 0.3) is 5.91 Å². The van der Waals surface area contributed by atoms with Crippen LogP contribution in [0.3, 0.4) is 0 Å². The molecule has 1 aromatic carbocycles. The standard InChI is InChI=1S/C15H18F4N2O.ClH/c1-8-5-6-20-9(2)13(8)21-14(22)10-3-4-12(16)11(7-10)15(17,18)19;/h3-4,7-9,13,20H,5-6H2,1-2H3,(H,21,22);1H. The van der Waals surface area contributed by atoms with Crippen LogP contribution in [0.1, 0.15) is 36.2 Å². The van der Waals surface area contributed by atoms with E-state index in [9.17, 15) is 22.4 Å². The van der Waals surface area contributed by atoms with Crippen LogP contribution in [-0.4, -0.2) is 24.5 Å². The van der Waals surface area contributed by atoms with Crippen molar-refractivity contribution in [1.29, 1.82) is 0 Å². The summed E-state index contributed by atoms with van der Waals surface area (Å²) >= 11 is 0. The summed E-state index contributed by atoms with van der Waals surface area (Å²) in [4.78, 5) is 12.2. The zero-order chi connectivity index (χ0) is 16.5. The third-order valence-electron chi connectivity index (χ3n) is 4.05. The molecule has 1 aromatic rings. The minimum Gasteiger partial charge on any atom is -0.347 e. The lowest BCUT2D eigenvalue weighted by Gasteiger charge is -2.36. The van der Waals surface area contributed by atoms with Gasteiger partial charge in [0.1, 0.15) is 5.82 Å². The molecule has 0 spiro atoms. The molecule has 2 rings (SSSR count). The number of alkyl halides is 3. The molecular formula is C15H19ClF4N2O. The summed E-state index contributed by atoms with van der Waals surface area (Å²) in [5.41, 5.74) is -1.62. The molecule has 1 aliphatic heterocycles. The fourth-order valence-electron chi connectivity index (χ4n) is 2.72. The summed E-state index contributed by atoms with van der Waals surface area (Å²) in [5, 5.41) is 5.95. The lowest BCUT2D eigenvalue weighted by Crippen LogP contribution is -2.55. The molecule has 23 heavy (non-hydrogen) atoms. The average molecular weight is 355 g/mol. The van der Waals surface area contributed by atoms with E-state index in [0.717, 1.165) is 19.0 Å². The van der Waals surface area contributed by atoms with Gasteiger partial charge in [-0.05, 0) is 44.0 Å². The zero-order valence-corrected chi connectivity index (χ0v) is 13.5. The van der Waals surface area contributed by atoms with Gasteiger partial charge >= 0.3 is 6.18 Å². The normalized spacial score (nSPS) is 24.7. The number of halogens is 5. The Kier molecular flexibility index (Phi) is 6.41. The Hall–Kier alpha value is -1.34. The smallest absolute Gasteiger partial charge is 0.347 e. The van der Waals surface area contributed by atoms with Gasteiger partial charge in [-0.2, -0.15) is 13.2 Å². The average Bonchev–Trinajstić information content (AvgIpc) is 2.42. The largest absolute Gasteiger partial charge is 0.419 e. The van der Waals surface area contributed by atoms with Crippen molar-refractivity contribution < 1.29 is 22.4 Å². The molecule has 8 heteroatoms. The Bertz CT molecular complexity index is 555. The summed E-state index contributed by atoms with van der Waals surface area (Å²) < 4.78 is 51.3. The SMILES string of the molecule is CC1CCNC(C)C1NC(=O)c1ccc(F)c(C(F)(F)F)c1.Cl. The van der Waals surface area contributed by atoms with E-state index in [1.54, 1.807) is 0 Å². The molecule has 0 radical (unpaired) electrons. The van der Waals surface area contributed by atoms with Crippen LogP contribution in [0.2, 0.25) is 0 Å². The Morgan fingerprint density at radius 3 is 2.52 bits per heavy atom. The molecule has 1 amide bonds. The van der Waals surface area contributed by atoms with E-state index in [1.807, 2.05) is 13.8 Å². The van der Waals surface area contributed by atoms with Gasteiger partial charge in [-0.25, -0.2) is 4.39 Å². The van der Waals surface area contributed by atoms with Crippen LogP contribution in [0.25, 0.3) is 0 Å². The van der Waals surface area contributed by atoms with Crippen molar-refractivity contribution in [3.05, 3.63) is 35.1 Å². The second-order valence-corrected chi connectivity index (χ2v) is 5.70. The van der Waals surface area contributed by atoms with E-state index < -0.39 is 23.5 Å². The van der Waals surface area contributed by atoms with Gasteiger partial charge in [-0.1, -0.05) is 6.92 Å². The summed E-state index contributed by atoms with van der Waals surface area (Å²) in [7, 11) is 0. The highest BCUT2D eigenvalue weighted by Gasteiger charge is 2.35. The molecule has 3 atom stereocenters. The topological polar surface area (TPSA) is 41.1 Å². The van der Waals surface area contributed by atoms with Gasteiger partial charge in [0, 0.05) is 17.6 Å². The van der Waals surface area contributed by atoms with Gasteiger partial charge in [0.2, 0.25) is 0 Å². The molecule has 1 heterocycles. The minimum absolute atomic E-state index is 0. The van der Waals surface area contributed by atoms with Crippen molar-refractivity contribution in [2.75, 3.05) is 6.54 Å². The maximum atomic E-state index is 13.2. The monoisotopic (exact) mass is 354 g/mol. The van der Waals surface area contributed by atoms with Crippen LogP contribution in [0, 0.1) is 11.7 Å². The number of amides is 1. The molecule has 1 fully saturated rings. The van der Waals surface area contributed by atoms with E-state index in [0.29, 0.717) is 12.1 Å². The Morgan fingerprint density at radius 2 is 1.96 bits per heavy atom. The van der Waals surface area contributed by atoms with Crippen molar-refractivity contribution in [2.45, 2.75) is 38.5 Å². The zero-order valence-electron chi connectivity index (χ0n) is 12.7. The molecule has 1 saturated heterocycles. The number of piperidine rings is 1. The number of hydrogen-bond donors (Lipinski definition) is 2. The van der Waals surface area contributed by atoms with E-state index in [1.165, 1.54) is 0 Å². The van der Waals surface area contributed by atoms with Gasteiger partial charge < -0.3 is 10.6 Å². The van der Waals surface area contributed by atoms with Crippen molar-refractivity contribution in [3.63, 3.8) is 0 Å². The van der Waals surface area contributed by atoms with E-state index in [4.69, 9.17) is 0 Å². The summed E-state index contributed by atoms with van der Waals surface area (Å²) in [6.45, 7) is 4.73. The van der Waals surface area contributed by atoms with Crippen molar-refractivity contribution >= 4 is 18.3 Å². The van der Waals surface area contributed by atoms with Crippen LogP contribution in [0.4, 0.5) is 17.6 Å². The van der Waals surface area contributed by atoms with Crippen molar-refractivity contribution in [3.8, 4) is 0 Å². The van der Waals surface area contributed by atoms with E-state index >= 15 is 0 Å². The fraction of sp³-hybridized carbons (Fsp3) is 0.533. The molecule has 0 aromatic heterocycles. The van der Waals surface area contributed by atoms with Crippen LogP contribution in [0.5, 0.6) is 0 Å². The molecule has 1 aliphatic rings. The van der Waals surface area contributed by atoms with Gasteiger partial charge in [-0.15, -0.1) is 12.4 Å². The Labute approximate surface area is 138 Å². The fourth-order valence-corrected chi connectivity index (χ4v) is 2.72. The predicted octanol–water partition coefficient (Wildman–Crippen LogP) is 3.38. The lowest BCUT2D eigenvalue weighted by molar-refractivity contribution is -0.140. The number of rotatable bonds is 2. The second kappa shape index (κ2) is 7.49. The molecular weight excluding hydrogens is 336 g/mol. The first-order valence-corrected chi connectivity index (χ1v) is 7.11. The Morgan fingerprint density at radius 1 is 1.30 bits per heavy atom. The highest BCUT2D eigenvalue weighted by Crippen LogP contribution is 2.32. The van der Waals surface area contributed by atoms with Crippen molar-refractivity contribution in [2.24, 2.45) is 5.92 Å². The quantitative estimate of drug-likeness (QED) is 0.799. The molecule has 130 valence electrons. The third kappa shape index (κ3) is 4.57. The van der Waals surface area contributed by atoms with E-state index in [-0.39, 0.29) is 36.0 Å². The van der Waals surface area contributed by atoms with E-state index in [2.05, 4.69) is 10.6 Å². The third-order valence-corrected chi connectivity index (χ3v) is 4.05. The van der Waals surface area contributed by atoms with Crippen molar-refractivity contribution in [1.82, 2.24) is 10.6 Å². The first-order chi connectivity index (χ1) is 10.2. The lowest BCUT2D eigenvalue weighted by atomic mass is 9.89. The molecule has 0 bridgehead atoms. The number of nitrogens with one attached hydrogen (secondary N) is 2. The summed E-state index contributed by atoms with van der Waals surface area (Å²) in [6, 6.07) is 2.13. The highest BCUT2D eigenvalue weighted by atomic mass is 35.5. The number of carbonyl (C=O) groups excluding carboxylic acids is 1. The highest BCUT2D eigenvalue weighted by molar-refractivity contribution is 5.94. The Balaban J connectivity index is 0.00000264. The first kappa shape index (κ1) is 19.7. The van der Waals surface area contributed by atoms with Crippen LogP contribution in [-0.2, 0) is 6.18 Å². The van der Waals surface area contributed by atoms with Gasteiger partial charge in [0.15, 0.2) is 0 Å². The van der Waals surface area contributed by atoms with Crippen LogP contribution < -0.4 is 10.6 Å². The van der Waals surface area contributed by atoms with Crippen LogP contribution in [0.15, 0.2) is 18.2 Å². The number of benzene rings is 1. The van der Waals surface area contributed by atoms with Gasteiger partial charge in [0.05, 0.1) is 5.56 Å². The van der Waals surface area contributed by atoms with Crippen LogP contribution >= 0.6 is 12.4 Å². The molecule has 2 N–H and O–H groups in total. The molecule has 3 unspecified atom stereocenters. The number of carbonyl (C=O) groups is 1. The summed E-state index contributed by atoms with van der Waals surface area (Å²) in [5.74, 6) is -1.80. The molecule has 0 saturated carbocycles. The minimum atomic E-state index is -4.83. The first-order valence-electron chi connectivity index (χ1n) is 7.11. The summed E-state index contributed by atoms with van der Waals surface area (Å²) in [6.07, 6.45) is -3.96.